The van der Waals surface area contributed by atoms with Crippen molar-refractivity contribution in [2.75, 3.05) is 5.73 Å². The molecule has 0 saturated carbocycles. The molecule has 2 aromatic carbocycles. The van der Waals surface area contributed by atoms with E-state index in [1.807, 2.05) is 0 Å². The molecule has 0 spiro atoms. The first-order valence-electron chi connectivity index (χ1n) is 5.06. The molecule has 2 aromatic rings. The van der Waals surface area contributed by atoms with Crippen LogP contribution in [-0.4, -0.2) is 8.76 Å². The zero-order valence-electron chi connectivity index (χ0n) is 9.28. The summed E-state index contributed by atoms with van der Waals surface area (Å²) in [5.41, 5.74) is 6.21. The SMILES string of the molecule is Nc1ccc(Oc2cccc(OS(=O)O)c2)cc1. The highest BCUT2D eigenvalue weighted by molar-refractivity contribution is 7.74. The van der Waals surface area contributed by atoms with Crippen LogP contribution < -0.4 is 14.7 Å². The number of rotatable bonds is 4. The van der Waals surface area contributed by atoms with Gasteiger partial charge in [-0.3, -0.25) is 4.55 Å². The van der Waals surface area contributed by atoms with Crippen molar-refractivity contribution in [3.05, 3.63) is 48.5 Å². The fraction of sp³-hybridized carbons (Fsp3) is 0. The molecule has 0 fully saturated rings. The summed E-state index contributed by atoms with van der Waals surface area (Å²) in [6.07, 6.45) is 0. The van der Waals surface area contributed by atoms with E-state index in [9.17, 15) is 4.21 Å². The Morgan fingerprint density at radius 3 is 2.33 bits per heavy atom. The lowest BCUT2D eigenvalue weighted by molar-refractivity contribution is 0.451. The van der Waals surface area contributed by atoms with Crippen LogP contribution in [0.5, 0.6) is 17.2 Å². The highest BCUT2D eigenvalue weighted by Gasteiger charge is 2.02. The molecule has 3 N–H and O–H groups in total. The number of hydrogen-bond donors (Lipinski definition) is 2. The molecular weight excluding hydrogens is 254 g/mol. The van der Waals surface area contributed by atoms with Gasteiger partial charge in [-0.25, -0.2) is 0 Å². The van der Waals surface area contributed by atoms with E-state index in [4.69, 9.17) is 15.0 Å². The van der Waals surface area contributed by atoms with E-state index in [0.29, 0.717) is 17.2 Å². The zero-order valence-corrected chi connectivity index (χ0v) is 10.1. The molecule has 0 aromatic heterocycles. The van der Waals surface area contributed by atoms with Gasteiger partial charge in [-0.1, -0.05) is 6.07 Å². The van der Waals surface area contributed by atoms with E-state index in [1.165, 1.54) is 6.07 Å². The van der Waals surface area contributed by atoms with Crippen LogP contribution in [0.2, 0.25) is 0 Å². The van der Waals surface area contributed by atoms with Crippen molar-refractivity contribution in [2.45, 2.75) is 0 Å². The molecule has 0 bridgehead atoms. The summed E-state index contributed by atoms with van der Waals surface area (Å²) in [5, 5.41) is 0. The molecule has 18 heavy (non-hydrogen) atoms. The summed E-state index contributed by atoms with van der Waals surface area (Å²) in [6.45, 7) is 0. The van der Waals surface area contributed by atoms with Gasteiger partial charge in [0.1, 0.15) is 17.2 Å². The number of hydrogen-bond acceptors (Lipinski definition) is 4. The minimum atomic E-state index is -2.35. The van der Waals surface area contributed by atoms with E-state index in [-0.39, 0.29) is 5.75 Å². The summed E-state index contributed by atoms with van der Waals surface area (Å²) in [5.74, 6) is 1.37. The van der Waals surface area contributed by atoms with Crippen molar-refractivity contribution in [1.29, 1.82) is 0 Å². The number of ether oxygens (including phenoxy) is 1. The van der Waals surface area contributed by atoms with Gasteiger partial charge in [0.2, 0.25) is 0 Å². The van der Waals surface area contributed by atoms with Gasteiger partial charge in [0.25, 0.3) is 0 Å². The van der Waals surface area contributed by atoms with Crippen LogP contribution in [0, 0.1) is 0 Å². The molecule has 0 amide bonds. The van der Waals surface area contributed by atoms with Gasteiger partial charge in [-0.2, -0.15) is 4.21 Å². The van der Waals surface area contributed by atoms with E-state index in [2.05, 4.69) is 4.18 Å². The van der Waals surface area contributed by atoms with Crippen LogP contribution in [0.4, 0.5) is 5.69 Å². The predicted molar refractivity (Wildman–Crippen MR) is 68.8 cm³/mol. The molecule has 6 heteroatoms. The maximum absolute atomic E-state index is 10.5. The van der Waals surface area contributed by atoms with Crippen molar-refractivity contribution in [3.63, 3.8) is 0 Å². The average molecular weight is 265 g/mol. The van der Waals surface area contributed by atoms with Crippen molar-refractivity contribution in [1.82, 2.24) is 0 Å². The molecule has 1 atom stereocenters. The summed E-state index contributed by atoms with van der Waals surface area (Å²) < 4.78 is 29.3. The highest BCUT2D eigenvalue weighted by Crippen LogP contribution is 2.25. The monoisotopic (exact) mass is 265 g/mol. The molecule has 0 saturated heterocycles. The summed E-state index contributed by atoms with van der Waals surface area (Å²) >= 11 is -2.35. The fourth-order valence-electron chi connectivity index (χ4n) is 1.34. The summed E-state index contributed by atoms with van der Waals surface area (Å²) in [6, 6.07) is 13.4. The molecular formula is C12H11NO4S. The lowest BCUT2D eigenvalue weighted by Gasteiger charge is -2.07. The van der Waals surface area contributed by atoms with Crippen molar-refractivity contribution < 1.29 is 17.7 Å². The highest BCUT2D eigenvalue weighted by atomic mass is 32.2. The Hall–Kier alpha value is -2.05. The Labute approximate surface area is 107 Å². The van der Waals surface area contributed by atoms with Crippen LogP contribution in [0.15, 0.2) is 48.5 Å². The van der Waals surface area contributed by atoms with Gasteiger partial charge < -0.3 is 14.7 Å². The third-order valence-corrected chi connectivity index (χ3v) is 2.42. The number of nitrogens with two attached hydrogens (primary N) is 1. The van der Waals surface area contributed by atoms with Gasteiger partial charge in [0.15, 0.2) is 0 Å². The normalized spacial score (nSPS) is 11.8. The van der Waals surface area contributed by atoms with Crippen LogP contribution >= 0.6 is 0 Å². The van der Waals surface area contributed by atoms with Gasteiger partial charge in [0, 0.05) is 11.8 Å². The minimum Gasteiger partial charge on any atom is -0.457 e. The topological polar surface area (TPSA) is 81.8 Å². The predicted octanol–water partition coefficient (Wildman–Crippen LogP) is 2.58. The Balaban J connectivity index is 2.13. The maximum Gasteiger partial charge on any atom is 0.357 e. The van der Waals surface area contributed by atoms with Crippen LogP contribution in [0.3, 0.4) is 0 Å². The third-order valence-electron chi connectivity index (χ3n) is 2.09. The molecule has 0 aliphatic rings. The smallest absolute Gasteiger partial charge is 0.357 e. The van der Waals surface area contributed by atoms with Gasteiger partial charge in [-0.05, 0) is 36.4 Å². The van der Waals surface area contributed by atoms with Crippen LogP contribution in [0.25, 0.3) is 0 Å². The van der Waals surface area contributed by atoms with Gasteiger partial charge in [-0.15, -0.1) is 0 Å². The second kappa shape index (κ2) is 5.52. The number of anilines is 1. The van der Waals surface area contributed by atoms with E-state index >= 15 is 0 Å². The molecule has 0 heterocycles. The first-order valence-corrected chi connectivity index (χ1v) is 6.09. The molecule has 0 aliphatic heterocycles. The first-order chi connectivity index (χ1) is 8.63. The van der Waals surface area contributed by atoms with Crippen molar-refractivity contribution in [2.24, 2.45) is 0 Å². The van der Waals surface area contributed by atoms with E-state index in [1.54, 1.807) is 42.5 Å². The van der Waals surface area contributed by atoms with Crippen LogP contribution in [-0.2, 0) is 11.4 Å². The van der Waals surface area contributed by atoms with E-state index in [0.717, 1.165) is 0 Å². The van der Waals surface area contributed by atoms with E-state index < -0.39 is 11.4 Å². The Morgan fingerprint density at radius 1 is 1.00 bits per heavy atom. The largest absolute Gasteiger partial charge is 0.457 e. The molecule has 2 rings (SSSR count). The molecule has 94 valence electrons. The molecule has 0 radical (unpaired) electrons. The van der Waals surface area contributed by atoms with Crippen molar-refractivity contribution >= 4 is 17.0 Å². The summed E-state index contributed by atoms with van der Waals surface area (Å²) in [7, 11) is 0. The fourth-order valence-corrected chi connectivity index (χ4v) is 1.61. The Bertz CT molecular complexity index is 556. The second-order valence-electron chi connectivity index (χ2n) is 3.45. The molecule has 1 unspecified atom stereocenters. The quantitative estimate of drug-likeness (QED) is 0.656. The minimum absolute atomic E-state index is 0.253. The molecule has 5 nitrogen and oxygen atoms in total. The first kappa shape index (κ1) is 12.4. The lowest BCUT2D eigenvalue weighted by Crippen LogP contribution is -1.97. The van der Waals surface area contributed by atoms with Crippen molar-refractivity contribution in [3.8, 4) is 17.2 Å². The average Bonchev–Trinajstić information content (AvgIpc) is 2.32. The van der Waals surface area contributed by atoms with Gasteiger partial charge >= 0.3 is 11.4 Å². The summed E-state index contributed by atoms with van der Waals surface area (Å²) in [4.78, 5) is 0. The number of benzene rings is 2. The maximum atomic E-state index is 10.5. The Morgan fingerprint density at radius 2 is 1.67 bits per heavy atom. The molecule has 0 aliphatic carbocycles. The zero-order chi connectivity index (χ0) is 13.0. The van der Waals surface area contributed by atoms with Crippen LogP contribution in [0.1, 0.15) is 0 Å². The van der Waals surface area contributed by atoms with Gasteiger partial charge in [0.05, 0.1) is 0 Å². The number of nitrogen functional groups attached to an aromatic ring is 1. The standard InChI is InChI=1S/C12H11NO4S/c13-9-4-6-10(7-5-9)16-11-2-1-3-12(8-11)17-18(14)15/h1-8H,13H2,(H,14,15). The second-order valence-corrected chi connectivity index (χ2v) is 4.05. The lowest BCUT2D eigenvalue weighted by atomic mass is 10.3. The Kier molecular flexibility index (Phi) is 3.81. The third kappa shape index (κ3) is 3.47.